The van der Waals surface area contributed by atoms with Crippen LogP contribution in [0.3, 0.4) is 0 Å². The Labute approximate surface area is 174 Å². The molecule has 1 saturated heterocycles. The molecule has 1 amide bonds. The van der Waals surface area contributed by atoms with Crippen LogP contribution in [0.4, 0.5) is 8.78 Å². The molecule has 1 aliphatic heterocycles. The first-order chi connectivity index (χ1) is 14.3. The van der Waals surface area contributed by atoms with E-state index in [0.29, 0.717) is 36.3 Å². The smallest absolute Gasteiger partial charge is 0.289 e. The van der Waals surface area contributed by atoms with Gasteiger partial charge in [-0.3, -0.25) is 4.79 Å². The molecule has 0 aliphatic carbocycles. The summed E-state index contributed by atoms with van der Waals surface area (Å²) in [4.78, 5) is 14.9. The molecule has 0 radical (unpaired) electrons. The van der Waals surface area contributed by atoms with Crippen LogP contribution in [0, 0.1) is 30.9 Å². The third-order valence-corrected chi connectivity index (χ3v) is 6.15. The van der Waals surface area contributed by atoms with Crippen molar-refractivity contribution in [2.75, 3.05) is 19.7 Å². The number of nitrogens with zero attached hydrogens (tertiary/aromatic N) is 1. The molecule has 2 aromatic carbocycles. The summed E-state index contributed by atoms with van der Waals surface area (Å²) in [6, 6.07) is 9.32. The second-order valence-electron chi connectivity index (χ2n) is 8.46. The highest BCUT2D eigenvalue weighted by molar-refractivity contribution is 5.99. The standard InChI is InChI=1S/C24H25F2NO3/c1-15-4-7-19-16(2)22(30-21(19)10-15)23(29)27-9-3-8-24(13-27,14-28)12-17-5-6-18(25)11-20(17)26/h4-7,10-11,28H,3,8-9,12-14H2,1-2H3. The Kier molecular flexibility index (Phi) is 5.36. The van der Waals surface area contributed by atoms with Gasteiger partial charge in [0.25, 0.3) is 5.91 Å². The molecule has 1 fully saturated rings. The summed E-state index contributed by atoms with van der Waals surface area (Å²) in [6.45, 7) is 4.47. The Morgan fingerprint density at radius 1 is 1.20 bits per heavy atom. The number of piperidine rings is 1. The van der Waals surface area contributed by atoms with E-state index in [1.54, 1.807) is 4.90 Å². The quantitative estimate of drug-likeness (QED) is 0.669. The Hall–Kier alpha value is -2.73. The molecule has 30 heavy (non-hydrogen) atoms. The number of aliphatic hydroxyl groups is 1. The molecule has 1 aromatic heterocycles. The number of aliphatic hydroxyl groups excluding tert-OH is 1. The maximum atomic E-state index is 14.2. The number of hydrogen-bond acceptors (Lipinski definition) is 3. The zero-order valence-electron chi connectivity index (χ0n) is 17.2. The van der Waals surface area contributed by atoms with E-state index in [2.05, 4.69) is 0 Å². The normalized spacial score (nSPS) is 19.4. The molecule has 1 atom stereocenters. The van der Waals surface area contributed by atoms with Crippen molar-refractivity contribution < 1.29 is 23.1 Å². The Balaban J connectivity index is 1.61. The zero-order chi connectivity index (χ0) is 21.5. The number of furan rings is 1. The zero-order valence-corrected chi connectivity index (χ0v) is 17.2. The minimum Gasteiger partial charge on any atom is -0.451 e. The Bertz CT molecular complexity index is 1110. The fourth-order valence-electron chi connectivity index (χ4n) is 4.46. The van der Waals surface area contributed by atoms with E-state index in [1.165, 1.54) is 12.1 Å². The van der Waals surface area contributed by atoms with Gasteiger partial charge in [-0.05, 0) is 56.4 Å². The van der Waals surface area contributed by atoms with Gasteiger partial charge in [0.05, 0.1) is 6.61 Å². The lowest BCUT2D eigenvalue weighted by Crippen LogP contribution is -2.49. The highest BCUT2D eigenvalue weighted by Crippen LogP contribution is 2.36. The number of amides is 1. The summed E-state index contributed by atoms with van der Waals surface area (Å²) in [5, 5.41) is 11.1. The molecular weight excluding hydrogens is 388 g/mol. The molecule has 1 aliphatic rings. The number of aryl methyl sites for hydroxylation is 2. The minimum absolute atomic E-state index is 0.189. The van der Waals surface area contributed by atoms with E-state index in [1.807, 2.05) is 32.0 Å². The van der Waals surface area contributed by atoms with Crippen molar-refractivity contribution in [1.82, 2.24) is 4.90 Å². The van der Waals surface area contributed by atoms with Gasteiger partial charge in [-0.25, -0.2) is 8.78 Å². The van der Waals surface area contributed by atoms with Crippen molar-refractivity contribution in [1.29, 1.82) is 0 Å². The molecule has 1 N–H and O–H groups in total. The summed E-state index contributed by atoms with van der Waals surface area (Å²) >= 11 is 0. The predicted molar refractivity (Wildman–Crippen MR) is 110 cm³/mol. The van der Waals surface area contributed by atoms with Gasteiger partial charge in [-0.2, -0.15) is 0 Å². The fourth-order valence-corrected chi connectivity index (χ4v) is 4.46. The van der Waals surface area contributed by atoms with Crippen molar-refractivity contribution in [2.24, 2.45) is 5.41 Å². The van der Waals surface area contributed by atoms with Crippen molar-refractivity contribution in [3.05, 3.63) is 70.5 Å². The van der Waals surface area contributed by atoms with Crippen LogP contribution in [0.15, 0.2) is 40.8 Å². The van der Waals surface area contributed by atoms with Gasteiger partial charge in [-0.15, -0.1) is 0 Å². The van der Waals surface area contributed by atoms with Crippen LogP contribution in [-0.4, -0.2) is 35.6 Å². The average molecular weight is 413 g/mol. The summed E-state index contributed by atoms with van der Waals surface area (Å²) in [6.07, 6.45) is 1.58. The molecule has 0 spiro atoms. The number of carbonyl (C=O) groups is 1. The first-order valence-electron chi connectivity index (χ1n) is 10.2. The van der Waals surface area contributed by atoms with Crippen LogP contribution in [-0.2, 0) is 6.42 Å². The SMILES string of the molecule is Cc1ccc2c(C)c(C(=O)N3CCCC(CO)(Cc4ccc(F)cc4F)C3)oc2c1. The van der Waals surface area contributed by atoms with E-state index in [4.69, 9.17) is 4.42 Å². The third-order valence-electron chi connectivity index (χ3n) is 6.15. The average Bonchev–Trinajstić information content (AvgIpc) is 3.05. The lowest BCUT2D eigenvalue weighted by atomic mass is 9.75. The molecule has 0 saturated carbocycles. The third kappa shape index (κ3) is 3.72. The number of fused-ring (bicyclic) bond motifs is 1. The summed E-state index contributed by atoms with van der Waals surface area (Å²) in [5.74, 6) is -1.18. The van der Waals surface area contributed by atoms with Crippen LogP contribution in [0.25, 0.3) is 11.0 Å². The van der Waals surface area contributed by atoms with Crippen molar-refractivity contribution >= 4 is 16.9 Å². The first kappa shape index (κ1) is 20.5. The monoisotopic (exact) mass is 413 g/mol. The molecule has 6 heteroatoms. The summed E-state index contributed by atoms with van der Waals surface area (Å²) in [5.41, 5.74) is 2.18. The summed E-state index contributed by atoms with van der Waals surface area (Å²) < 4.78 is 33.4. The van der Waals surface area contributed by atoms with Gasteiger partial charge in [0.2, 0.25) is 0 Å². The lowest BCUT2D eigenvalue weighted by molar-refractivity contribution is 0.0250. The molecule has 4 rings (SSSR count). The van der Waals surface area contributed by atoms with E-state index in [9.17, 15) is 18.7 Å². The molecule has 158 valence electrons. The second kappa shape index (κ2) is 7.84. The molecule has 1 unspecified atom stereocenters. The largest absolute Gasteiger partial charge is 0.451 e. The highest BCUT2D eigenvalue weighted by atomic mass is 19.1. The van der Waals surface area contributed by atoms with Crippen LogP contribution in [0.5, 0.6) is 0 Å². The summed E-state index contributed by atoms with van der Waals surface area (Å²) in [7, 11) is 0. The van der Waals surface area contributed by atoms with Crippen molar-refractivity contribution in [3.8, 4) is 0 Å². The fraction of sp³-hybridized carbons (Fsp3) is 0.375. The molecule has 0 bridgehead atoms. The van der Waals surface area contributed by atoms with E-state index in [-0.39, 0.29) is 25.5 Å². The van der Waals surface area contributed by atoms with Crippen LogP contribution < -0.4 is 0 Å². The molecule has 2 heterocycles. The van der Waals surface area contributed by atoms with Gasteiger partial charge < -0.3 is 14.4 Å². The van der Waals surface area contributed by atoms with Crippen molar-refractivity contribution in [2.45, 2.75) is 33.1 Å². The number of halogens is 2. The first-order valence-corrected chi connectivity index (χ1v) is 10.2. The number of rotatable bonds is 4. The minimum atomic E-state index is -0.677. The Morgan fingerprint density at radius 3 is 2.73 bits per heavy atom. The lowest BCUT2D eigenvalue weighted by Gasteiger charge is -2.41. The van der Waals surface area contributed by atoms with Crippen molar-refractivity contribution in [3.63, 3.8) is 0 Å². The van der Waals surface area contributed by atoms with Gasteiger partial charge in [0.15, 0.2) is 5.76 Å². The van der Waals surface area contributed by atoms with Crippen LogP contribution in [0.2, 0.25) is 0 Å². The van der Waals surface area contributed by atoms with E-state index in [0.717, 1.165) is 22.6 Å². The maximum absolute atomic E-state index is 14.2. The Morgan fingerprint density at radius 2 is 2.00 bits per heavy atom. The predicted octanol–water partition coefficient (Wildman–Crippen LogP) is 4.79. The van der Waals surface area contributed by atoms with Gasteiger partial charge >= 0.3 is 0 Å². The van der Waals surface area contributed by atoms with Gasteiger partial charge in [-0.1, -0.05) is 18.2 Å². The molecule has 3 aromatic rings. The number of likely N-dealkylation sites (tertiary alicyclic amines) is 1. The van der Waals surface area contributed by atoms with E-state index >= 15 is 0 Å². The highest BCUT2D eigenvalue weighted by Gasteiger charge is 2.38. The van der Waals surface area contributed by atoms with Gasteiger partial charge in [0.1, 0.15) is 17.2 Å². The maximum Gasteiger partial charge on any atom is 0.289 e. The number of benzene rings is 2. The second-order valence-corrected chi connectivity index (χ2v) is 8.46. The molecular formula is C24H25F2NO3. The van der Waals surface area contributed by atoms with Gasteiger partial charge in [0, 0.05) is 35.5 Å². The number of hydrogen-bond donors (Lipinski definition) is 1. The number of carbonyl (C=O) groups excluding carboxylic acids is 1. The molecule has 4 nitrogen and oxygen atoms in total. The van der Waals surface area contributed by atoms with E-state index < -0.39 is 17.0 Å². The topological polar surface area (TPSA) is 53.7 Å². The van der Waals surface area contributed by atoms with Crippen LogP contribution >= 0.6 is 0 Å². The van der Waals surface area contributed by atoms with Crippen LogP contribution in [0.1, 0.15) is 40.1 Å².